The van der Waals surface area contributed by atoms with Crippen LogP contribution in [0.15, 0.2) is 63.0 Å². The quantitative estimate of drug-likeness (QED) is 0.0535. The van der Waals surface area contributed by atoms with E-state index >= 15 is 8.78 Å². The molecular formula is C65H64F2N6O12S4. The van der Waals surface area contributed by atoms with E-state index in [4.69, 9.17) is 28.9 Å². The van der Waals surface area contributed by atoms with Crippen molar-refractivity contribution >= 4 is 89.1 Å². The lowest BCUT2D eigenvalue weighted by Gasteiger charge is -2.32. The van der Waals surface area contributed by atoms with Crippen molar-refractivity contribution < 1.29 is 57.1 Å². The summed E-state index contributed by atoms with van der Waals surface area (Å²) in [6.07, 6.45) is 8.92. The predicted octanol–water partition coefficient (Wildman–Crippen LogP) is 11.4. The maximum Gasteiger partial charge on any atom is 0.407 e. The third kappa shape index (κ3) is 10.2. The molecule has 1 saturated carbocycles. The first-order chi connectivity index (χ1) is 42.8. The van der Waals surface area contributed by atoms with E-state index in [1.165, 1.54) is 12.1 Å². The maximum absolute atomic E-state index is 15.2. The molecule has 3 aromatic carbocycles. The smallest absolute Gasteiger partial charge is 0.407 e. The van der Waals surface area contributed by atoms with Crippen LogP contribution in [0.1, 0.15) is 150 Å². The van der Waals surface area contributed by atoms with E-state index in [9.17, 15) is 39.0 Å². The van der Waals surface area contributed by atoms with Crippen molar-refractivity contribution in [3.05, 3.63) is 153 Å². The number of nitrogens with zero attached hydrogens (tertiary/aromatic N) is 4. The number of rotatable bonds is 11. The van der Waals surface area contributed by atoms with Gasteiger partial charge in [0.1, 0.15) is 37.6 Å². The van der Waals surface area contributed by atoms with Crippen LogP contribution < -0.4 is 21.8 Å². The number of alkyl carbamates (subject to hydrolysis) is 2. The Hall–Kier alpha value is -6.96. The Labute approximate surface area is 525 Å². The first-order valence-electron chi connectivity index (χ1n) is 29.8. The van der Waals surface area contributed by atoms with Crippen LogP contribution in [0.3, 0.4) is 0 Å². The minimum absolute atomic E-state index is 0.0217. The van der Waals surface area contributed by atoms with Gasteiger partial charge in [-0.15, -0.1) is 0 Å². The van der Waals surface area contributed by atoms with Crippen molar-refractivity contribution in [1.29, 1.82) is 0 Å². The number of aliphatic hydroxyl groups is 2. The highest BCUT2D eigenvalue weighted by Gasteiger charge is 2.48. The molecule has 18 nitrogen and oxygen atoms in total. The minimum Gasteiger partial charge on any atom is -0.458 e. The van der Waals surface area contributed by atoms with Crippen LogP contribution in [0.25, 0.3) is 44.6 Å². The molecule has 3 aliphatic carbocycles. The SMILES string of the molecule is CC[C@@]1(O)C(=O)OCc2c1cc1n(c2=O)Cc2c-1nc1cc(F)c(C)c3c1c2[C@@H](NC(=O)OCc1ccc(SSC)cc1)CC3.CC[C@@]1(O)C(=O)OCc2c1cc1n(c2=O)Cc2c-1nc1cc(F)c(C)c3c1c2[C@@H](NC(=O)O[C@H]1CCCC[C@@H]1SSC)CC3. The molecule has 0 saturated heterocycles. The molecule has 4 aromatic heterocycles. The summed E-state index contributed by atoms with van der Waals surface area (Å²) in [5.41, 5.74) is 5.51. The monoisotopic (exact) mass is 1290 g/mol. The predicted molar refractivity (Wildman–Crippen MR) is 336 cm³/mol. The molecule has 4 N–H and O–H groups in total. The number of hydrogen-bond donors (Lipinski definition) is 4. The number of halogens is 2. The van der Waals surface area contributed by atoms with Gasteiger partial charge in [0.15, 0.2) is 11.2 Å². The number of aromatic nitrogens is 4. The number of ether oxygens (including phenoxy) is 4. The number of carbonyl (C=O) groups is 4. The molecule has 7 aromatic rings. The molecule has 0 radical (unpaired) electrons. The average Bonchev–Trinajstić information content (AvgIpc) is 1.75. The van der Waals surface area contributed by atoms with Crippen molar-refractivity contribution in [3.63, 3.8) is 0 Å². The summed E-state index contributed by atoms with van der Waals surface area (Å²) in [6.45, 7) is 6.78. The highest BCUT2D eigenvalue weighted by atomic mass is 33.1. The van der Waals surface area contributed by atoms with E-state index < -0.39 is 47.4 Å². The maximum atomic E-state index is 15.2. The Bertz CT molecular complexity index is 4310. The largest absolute Gasteiger partial charge is 0.458 e. The second-order valence-corrected chi connectivity index (χ2v) is 28.8. The Morgan fingerprint density at radius 2 is 1.17 bits per heavy atom. The zero-order valence-electron chi connectivity index (χ0n) is 49.7. The van der Waals surface area contributed by atoms with Gasteiger partial charge in [-0.1, -0.05) is 75.6 Å². The zero-order valence-corrected chi connectivity index (χ0v) is 53.0. The lowest BCUT2D eigenvalue weighted by molar-refractivity contribution is -0.172. The molecule has 89 heavy (non-hydrogen) atoms. The minimum atomic E-state index is -1.96. The van der Waals surface area contributed by atoms with E-state index in [-0.39, 0.29) is 102 Å². The van der Waals surface area contributed by atoms with E-state index in [1.807, 2.05) is 36.8 Å². The third-order valence-corrected chi connectivity index (χ3v) is 22.9. The van der Waals surface area contributed by atoms with Crippen molar-refractivity contribution in [2.75, 3.05) is 12.5 Å². The second-order valence-electron chi connectivity index (χ2n) is 23.6. The standard InChI is InChI=1S/C33H30FN3O6S2.C32H34FN3O6S2/c1-4-33(41)22-11-26-29-20(13-37(26)30(38)21(22)15-42-31(33)39)28-24(10-9-19-16(2)23(34)12-25(35-29)27(19)28)36-32(40)43-14-17-5-7-18(8-6-17)45-44-3;1-4-32(40)19-11-23-28-17(13-36(23)29(37)18(19)14-41-30(32)38)27-21(10-9-16-15(2)20(33)12-22(34-28)26(16)27)35-31(39)42-24-7-5-6-8-25(24)44-43-3/h5-8,11-12,24,41H,4,9-10,13-15H2,1-3H3,(H,36,40);11-12,21,24-25,40H,4-10,13-14H2,1-3H3,(H,35,39)/t24-,33-;21-,24-,25-,32-/m00/s1. The molecule has 0 spiro atoms. The third-order valence-electron chi connectivity index (χ3n) is 18.9. The number of pyridine rings is 4. The number of esters is 2. The number of benzene rings is 3. The number of amides is 2. The van der Waals surface area contributed by atoms with Gasteiger partial charge in [0.05, 0.1) is 75.4 Å². The number of fused-ring (bicyclic) bond motifs is 10. The summed E-state index contributed by atoms with van der Waals surface area (Å²) in [6, 6.07) is 13.0. The number of aryl methyl sites for hydroxylation is 2. The summed E-state index contributed by atoms with van der Waals surface area (Å²) in [5, 5.41) is 30.5. The summed E-state index contributed by atoms with van der Waals surface area (Å²) in [7, 11) is 6.74. The molecule has 4 aliphatic heterocycles. The number of hydrogen-bond acceptors (Lipinski definition) is 18. The number of carbonyl (C=O) groups excluding carboxylic acids is 4. The Morgan fingerprint density at radius 1 is 0.674 bits per heavy atom. The average molecular weight is 1290 g/mol. The Kier molecular flexibility index (Phi) is 16.2. The van der Waals surface area contributed by atoms with Crippen LogP contribution in [0.5, 0.6) is 0 Å². The molecule has 464 valence electrons. The molecule has 14 rings (SSSR count). The van der Waals surface area contributed by atoms with E-state index in [0.29, 0.717) is 70.6 Å². The van der Waals surface area contributed by atoms with Gasteiger partial charge in [0, 0.05) is 50.1 Å². The van der Waals surface area contributed by atoms with Gasteiger partial charge in [-0.25, -0.2) is 37.9 Å². The highest BCUT2D eigenvalue weighted by Crippen LogP contribution is 2.49. The first-order valence-corrected chi connectivity index (χ1v) is 35.0. The number of nitrogens with one attached hydrogen (secondary N) is 2. The van der Waals surface area contributed by atoms with Gasteiger partial charge in [-0.2, -0.15) is 0 Å². The van der Waals surface area contributed by atoms with Crippen LogP contribution in [0.4, 0.5) is 18.4 Å². The van der Waals surface area contributed by atoms with Gasteiger partial charge in [-0.05, 0) is 147 Å². The van der Waals surface area contributed by atoms with Gasteiger partial charge < -0.3 is 48.9 Å². The molecule has 7 aliphatic rings. The topological polar surface area (TPSA) is 240 Å². The fourth-order valence-corrected chi connectivity index (χ4v) is 17.8. The second kappa shape index (κ2) is 23.7. The number of cyclic esters (lactones) is 2. The van der Waals surface area contributed by atoms with Crippen LogP contribution in [0, 0.1) is 25.5 Å². The zero-order chi connectivity index (χ0) is 62.5. The lowest BCUT2D eigenvalue weighted by Crippen LogP contribution is -2.44. The van der Waals surface area contributed by atoms with E-state index in [2.05, 4.69) is 10.6 Å². The summed E-state index contributed by atoms with van der Waals surface area (Å²) >= 11 is 0. The van der Waals surface area contributed by atoms with Gasteiger partial charge in [-0.3, -0.25) is 9.59 Å². The summed E-state index contributed by atoms with van der Waals surface area (Å²) < 4.78 is 55.5. The molecule has 6 atom stereocenters. The van der Waals surface area contributed by atoms with Crippen molar-refractivity contribution in [3.8, 4) is 22.8 Å². The first kappa shape index (κ1) is 60.9. The Morgan fingerprint density at radius 3 is 1.65 bits per heavy atom. The van der Waals surface area contributed by atoms with Gasteiger partial charge >= 0.3 is 24.1 Å². The molecule has 8 heterocycles. The van der Waals surface area contributed by atoms with Crippen LogP contribution in [0.2, 0.25) is 0 Å². The van der Waals surface area contributed by atoms with Crippen LogP contribution in [-0.2, 0) is 85.5 Å². The molecule has 1 fully saturated rings. The van der Waals surface area contributed by atoms with Crippen molar-refractivity contribution in [2.24, 2.45) is 0 Å². The molecule has 0 unspecified atom stereocenters. The fraction of sp³-hybridized carbons (Fsp3) is 0.415. The van der Waals surface area contributed by atoms with E-state index in [1.54, 1.807) is 92.1 Å². The van der Waals surface area contributed by atoms with E-state index in [0.717, 1.165) is 80.3 Å². The van der Waals surface area contributed by atoms with Gasteiger partial charge in [0.2, 0.25) is 0 Å². The van der Waals surface area contributed by atoms with Crippen molar-refractivity contribution in [2.45, 2.75) is 164 Å². The summed E-state index contributed by atoms with van der Waals surface area (Å²) in [5.74, 6) is -2.35. The molecule has 24 heteroatoms. The van der Waals surface area contributed by atoms with Crippen molar-refractivity contribution in [1.82, 2.24) is 29.7 Å². The van der Waals surface area contributed by atoms with Gasteiger partial charge in [0.25, 0.3) is 11.1 Å². The fourth-order valence-electron chi connectivity index (χ4n) is 14.2. The lowest BCUT2D eigenvalue weighted by atomic mass is 9.81. The molecular weight excluding hydrogens is 1220 g/mol. The summed E-state index contributed by atoms with van der Waals surface area (Å²) in [4.78, 5) is 90.2. The van der Waals surface area contributed by atoms with Crippen LogP contribution >= 0.6 is 43.2 Å². The molecule has 0 bridgehead atoms. The normalized spacial score (nSPS) is 22.3. The molecule has 2 amide bonds. The Balaban J connectivity index is 0.000000164. The van der Waals surface area contributed by atoms with Crippen LogP contribution in [-0.4, -0.2) is 77.3 Å². The highest BCUT2D eigenvalue weighted by molar-refractivity contribution is 8.76.